The molecule has 0 aliphatic carbocycles. The number of hydrogen-bond acceptors (Lipinski definition) is 4. The molecule has 0 fully saturated rings. The number of aliphatic carboxylic acids is 1. The predicted molar refractivity (Wildman–Crippen MR) is 76.5 cm³/mol. The zero-order valence-corrected chi connectivity index (χ0v) is 12.5. The monoisotopic (exact) mass is 284 g/mol. The number of thioether (sulfide) groups is 1. The van der Waals surface area contributed by atoms with Crippen LogP contribution in [0.5, 0.6) is 11.5 Å². The van der Waals surface area contributed by atoms with Crippen LogP contribution in [0.25, 0.3) is 0 Å². The van der Waals surface area contributed by atoms with Crippen molar-refractivity contribution in [3.8, 4) is 11.5 Å². The van der Waals surface area contributed by atoms with Crippen molar-refractivity contribution in [3.05, 3.63) is 17.7 Å². The molecular weight excluding hydrogens is 264 g/mol. The molecule has 0 aromatic heterocycles. The first-order valence-corrected chi connectivity index (χ1v) is 6.99. The number of benzene rings is 1. The molecule has 0 bridgehead atoms. The van der Waals surface area contributed by atoms with Crippen LogP contribution in [0.2, 0.25) is 0 Å². The fraction of sp³-hybridized carbons (Fsp3) is 0.500. The van der Waals surface area contributed by atoms with E-state index in [-0.39, 0.29) is 6.42 Å². The van der Waals surface area contributed by atoms with Crippen LogP contribution in [-0.4, -0.2) is 30.5 Å². The SMILES string of the molecule is COc1cc(SC(C)C)cc(OC)c1CCC(=O)O. The van der Waals surface area contributed by atoms with Gasteiger partial charge in [0.05, 0.1) is 14.2 Å². The van der Waals surface area contributed by atoms with E-state index in [1.807, 2.05) is 12.1 Å². The van der Waals surface area contributed by atoms with Gasteiger partial charge in [0, 0.05) is 22.1 Å². The molecule has 0 saturated heterocycles. The number of rotatable bonds is 7. The molecule has 4 nitrogen and oxygen atoms in total. The van der Waals surface area contributed by atoms with E-state index in [2.05, 4.69) is 13.8 Å². The lowest BCUT2D eigenvalue weighted by Crippen LogP contribution is -2.02. The molecule has 106 valence electrons. The standard InChI is InChI=1S/C14H20O4S/c1-9(2)19-10-7-12(17-3)11(5-6-14(15)16)13(8-10)18-4/h7-9H,5-6H2,1-4H3,(H,15,16). The maximum Gasteiger partial charge on any atom is 0.303 e. The Labute approximate surface area is 118 Å². The molecule has 0 aliphatic heterocycles. The lowest BCUT2D eigenvalue weighted by atomic mass is 10.1. The van der Waals surface area contributed by atoms with Crippen LogP contribution in [0.15, 0.2) is 17.0 Å². The zero-order chi connectivity index (χ0) is 14.4. The van der Waals surface area contributed by atoms with Gasteiger partial charge in [0.15, 0.2) is 0 Å². The van der Waals surface area contributed by atoms with E-state index in [9.17, 15) is 4.79 Å². The van der Waals surface area contributed by atoms with E-state index in [0.29, 0.717) is 23.2 Å². The van der Waals surface area contributed by atoms with E-state index in [4.69, 9.17) is 14.6 Å². The molecule has 0 heterocycles. The Morgan fingerprint density at radius 3 is 2.16 bits per heavy atom. The Kier molecular flexibility index (Phi) is 6.02. The van der Waals surface area contributed by atoms with E-state index in [1.54, 1.807) is 26.0 Å². The number of carboxylic acids is 1. The van der Waals surface area contributed by atoms with E-state index < -0.39 is 5.97 Å². The summed E-state index contributed by atoms with van der Waals surface area (Å²) < 4.78 is 10.7. The number of carbonyl (C=O) groups is 1. The fourth-order valence-electron chi connectivity index (χ4n) is 1.78. The first-order valence-electron chi connectivity index (χ1n) is 6.11. The highest BCUT2D eigenvalue weighted by Crippen LogP contribution is 2.36. The average molecular weight is 284 g/mol. The minimum absolute atomic E-state index is 0.0589. The number of hydrogen-bond donors (Lipinski definition) is 1. The van der Waals surface area contributed by atoms with Crippen molar-refractivity contribution < 1.29 is 19.4 Å². The van der Waals surface area contributed by atoms with E-state index in [1.165, 1.54) is 0 Å². The second kappa shape index (κ2) is 7.28. The molecule has 19 heavy (non-hydrogen) atoms. The van der Waals surface area contributed by atoms with Gasteiger partial charge in [-0.25, -0.2) is 0 Å². The maximum absolute atomic E-state index is 10.7. The van der Waals surface area contributed by atoms with Crippen LogP contribution < -0.4 is 9.47 Å². The largest absolute Gasteiger partial charge is 0.496 e. The van der Waals surface area contributed by atoms with E-state index >= 15 is 0 Å². The summed E-state index contributed by atoms with van der Waals surface area (Å²) in [6.45, 7) is 4.23. The third-order valence-electron chi connectivity index (χ3n) is 2.54. The van der Waals surface area contributed by atoms with Gasteiger partial charge in [-0.2, -0.15) is 0 Å². The van der Waals surface area contributed by atoms with Gasteiger partial charge in [0.25, 0.3) is 0 Å². The second-order valence-electron chi connectivity index (χ2n) is 4.37. The second-order valence-corrected chi connectivity index (χ2v) is 6.02. The van der Waals surface area contributed by atoms with Gasteiger partial charge >= 0.3 is 5.97 Å². The third-order valence-corrected chi connectivity index (χ3v) is 3.52. The smallest absolute Gasteiger partial charge is 0.303 e. The number of methoxy groups -OCH3 is 2. The molecule has 1 N–H and O–H groups in total. The highest BCUT2D eigenvalue weighted by Gasteiger charge is 2.14. The van der Waals surface area contributed by atoms with Gasteiger partial charge in [0.1, 0.15) is 11.5 Å². The molecule has 1 aromatic carbocycles. The Morgan fingerprint density at radius 1 is 1.26 bits per heavy atom. The minimum atomic E-state index is -0.829. The van der Waals surface area contributed by atoms with Crippen molar-refractivity contribution in [2.75, 3.05) is 14.2 Å². The summed E-state index contributed by atoms with van der Waals surface area (Å²) in [6, 6.07) is 3.87. The third kappa shape index (κ3) is 4.67. The summed E-state index contributed by atoms with van der Waals surface area (Å²) in [5.74, 6) is 0.539. The zero-order valence-electron chi connectivity index (χ0n) is 11.7. The van der Waals surface area contributed by atoms with Crippen molar-refractivity contribution in [1.29, 1.82) is 0 Å². The van der Waals surface area contributed by atoms with Crippen LogP contribution in [0.3, 0.4) is 0 Å². The van der Waals surface area contributed by atoms with Gasteiger partial charge < -0.3 is 14.6 Å². The Morgan fingerprint density at radius 2 is 1.79 bits per heavy atom. The normalized spacial score (nSPS) is 10.6. The van der Waals surface area contributed by atoms with Crippen molar-refractivity contribution in [1.82, 2.24) is 0 Å². The predicted octanol–water partition coefficient (Wildman–Crippen LogP) is 3.22. The molecule has 1 aromatic rings. The van der Waals surface area contributed by atoms with Crippen LogP contribution in [0.4, 0.5) is 0 Å². The summed E-state index contributed by atoms with van der Waals surface area (Å²) in [5.41, 5.74) is 0.806. The molecule has 0 radical (unpaired) electrons. The summed E-state index contributed by atoms with van der Waals surface area (Å²) in [7, 11) is 3.17. The van der Waals surface area contributed by atoms with Gasteiger partial charge in [-0.15, -0.1) is 11.8 Å². The Balaban J connectivity index is 3.09. The quantitative estimate of drug-likeness (QED) is 0.779. The van der Waals surface area contributed by atoms with Gasteiger partial charge in [-0.05, 0) is 18.6 Å². The molecule has 1 rings (SSSR count). The molecule has 0 spiro atoms. The van der Waals surface area contributed by atoms with E-state index in [0.717, 1.165) is 10.5 Å². The van der Waals surface area contributed by atoms with Gasteiger partial charge in [-0.1, -0.05) is 13.8 Å². The summed E-state index contributed by atoms with van der Waals surface area (Å²) >= 11 is 1.71. The maximum atomic E-state index is 10.7. The molecule has 0 saturated carbocycles. The number of ether oxygens (including phenoxy) is 2. The average Bonchev–Trinajstić information content (AvgIpc) is 2.35. The first kappa shape index (κ1) is 15.7. The Bertz CT molecular complexity index is 418. The molecule has 0 amide bonds. The van der Waals surface area contributed by atoms with Crippen LogP contribution in [-0.2, 0) is 11.2 Å². The van der Waals surface area contributed by atoms with Crippen molar-refractivity contribution >= 4 is 17.7 Å². The highest BCUT2D eigenvalue weighted by atomic mass is 32.2. The molecule has 0 aliphatic rings. The van der Waals surface area contributed by atoms with Gasteiger partial charge in [0.2, 0.25) is 0 Å². The lowest BCUT2D eigenvalue weighted by Gasteiger charge is -2.15. The van der Waals surface area contributed by atoms with Gasteiger partial charge in [-0.3, -0.25) is 4.79 Å². The van der Waals surface area contributed by atoms with Crippen LogP contribution in [0.1, 0.15) is 25.8 Å². The summed E-state index contributed by atoms with van der Waals surface area (Å²) in [5, 5.41) is 9.25. The molecule has 5 heteroatoms. The summed E-state index contributed by atoms with van der Waals surface area (Å²) in [4.78, 5) is 11.8. The van der Waals surface area contributed by atoms with Crippen molar-refractivity contribution in [2.24, 2.45) is 0 Å². The van der Waals surface area contributed by atoms with Crippen LogP contribution >= 0.6 is 11.8 Å². The molecule has 0 unspecified atom stereocenters. The van der Waals surface area contributed by atoms with Crippen molar-refractivity contribution in [2.45, 2.75) is 36.8 Å². The summed E-state index contributed by atoms with van der Waals surface area (Å²) in [6.07, 6.45) is 0.456. The molecule has 0 atom stereocenters. The Hall–Kier alpha value is -1.36. The lowest BCUT2D eigenvalue weighted by molar-refractivity contribution is -0.136. The minimum Gasteiger partial charge on any atom is -0.496 e. The topological polar surface area (TPSA) is 55.8 Å². The van der Waals surface area contributed by atoms with Crippen LogP contribution in [0, 0.1) is 0 Å². The first-order chi connectivity index (χ1) is 8.97. The van der Waals surface area contributed by atoms with Crippen molar-refractivity contribution in [3.63, 3.8) is 0 Å². The highest BCUT2D eigenvalue weighted by molar-refractivity contribution is 7.99. The fourth-order valence-corrected chi connectivity index (χ4v) is 2.67. The number of carboxylic acid groups (broad SMARTS) is 1. The molecular formula is C14H20O4S.